The van der Waals surface area contributed by atoms with Crippen molar-refractivity contribution in [2.75, 3.05) is 26.9 Å². The maximum Gasteiger partial charge on any atom is 0.249 e. The second kappa shape index (κ2) is 6.54. The molecule has 1 fully saturated rings. The highest BCUT2D eigenvalue weighted by molar-refractivity contribution is 5.78. The number of amides is 1. The highest BCUT2D eigenvalue weighted by atomic mass is 16.5. The first-order chi connectivity index (χ1) is 9.24. The Hall–Kier alpha value is -1.59. The molecule has 0 radical (unpaired) electrons. The highest BCUT2D eigenvalue weighted by Crippen LogP contribution is 2.17. The lowest BCUT2D eigenvalue weighted by Gasteiger charge is -2.35. The van der Waals surface area contributed by atoms with Crippen LogP contribution in [0.1, 0.15) is 12.0 Å². The summed E-state index contributed by atoms with van der Waals surface area (Å²) in [6.07, 6.45) is 0.766. The molecular formula is C14H20N2O3. The van der Waals surface area contributed by atoms with Gasteiger partial charge in [-0.2, -0.15) is 0 Å². The molecule has 2 N–H and O–H groups in total. The standard InChI is InChI=1S/C14H20N2O3/c1-18-13-4-2-11(3-5-13)8-16-12(6-7-15)9-19-10-14(16)17/h2-5,12H,6-10,15H2,1H3. The molecule has 104 valence electrons. The van der Waals surface area contributed by atoms with Gasteiger partial charge in [0.2, 0.25) is 5.91 Å². The summed E-state index contributed by atoms with van der Waals surface area (Å²) in [6, 6.07) is 7.83. The Morgan fingerprint density at radius 3 is 2.79 bits per heavy atom. The zero-order valence-corrected chi connectivity index (χ0v) is 11.2. The van der Waals surface area contributed by atoms with Gasteiger partial charge in [0.1, 0.15) is 12.4 Å². The van der Waals surface area contributed by atoms with Crippen LogP contribution in [0.5, 0.6) is 5.75 Å². The average Bonchev–Trinajstić information content (AvgIpc) is 2.44. The summed E-state index contributed by atoms with van der Waals surface area (Å²) in [4.78, 5) is 13.8. The van der Waals surface area contributed by atoms with E-state index in [1.165, 1.54) is 0 Å². The zero-order valence-electron chi connectivity index (χ0n) is 11.2. The Labute approximate surface area is 113 Å². The van der Waals surface area contributed by atoms with Crippen LogP contribution in [0.3, 0.4) is 0 Å². The van der Waals surface area contributed by atoms with Crippen LogP contribution in [0.4, 0.5) is 0 Å². The summed E-state index contributed by atoms with van der Waals surface area (Å²) in [5, 5.41) is 0. The van der Waals surface area contributed by atoms with E-state index in [9.17, 15) is 4.79 Å². The largest absolute Gasteiger partial charge is 0.497 e. The van der Waals surface area contributed by atoms with Gasteiger partial charge in [0.05, 0.1) is 19.8 Å². The quantitative estimate of drug-likeness (QED) is 0.853. The summed E-state index contributed by atoms with van der Waals surface area (Å²) in [5.41, 5.74) is 6.67. The molecule has 1 aliphatic rings. The number of ether oxygens (including phenoxy) is 2. The fourth-order valence-electron chi connectivity index (χ4n) is 2.24. The molecule has 1 aliphatic heterocycles. The van der Waals surface area contributed by atoms with Crippen molar-refractivity contribution in [3.05, 3.63) is 29.8 Å². The second-order valence-corrected chi connectivity index (χ2v) is 4.62. The number of nitrogens with two attached hydrogens (primary N) is 1. The molecule has 1 atom stereocenters. The van der Waals surface area contributed by atoms with Crippen molar-refractivity contribution in [1.82, 2.24) is 4.90 Å². The topological polar surface area (TPSA) is 64.8 Å². The van der Waals surface area contributed by atoms with Gasteiger partial charge < -0.3 is 20.1 Å². The molecular weight excluding hydrogens is 244 g/mol. The molecule has 1 unspecified atom stereocenters. The molecule has 0 aromatic heterocycles. The van der Waals surface area contributed by atoms with E-state index in [1.54, 1.807) is 7.11 Å². The van der Waals surface area contributed by atoms with Gasteiger partial charge in [0, 0.05) is 6.54 Å². The van der Waals surface area contributed by atoms with E-state index in [4.69, 9.17) is 15.2 Å². The highest BCUT2D eigenvalue weighted by Gasteiger charge is 2.27. The predicted octanol–water partition coefficient (Wildman–Crippen LogP) is 0.771. The minimum absolute atomic E-state index is 0.0283. The number of nitrogens with zero attached hydrogens (tertiary/aromatic N) is 1. The minimum atomic E-state index is 0.0283. The van der Waals surface area contributed by atoms with Crippen molar-refractivity contribution < 1.29 is 14.3 Å². The van der Waals surface area contributed by atoms with Gasteiger partial charge in [0.15, 0.2) is 0 Å². The monoisotopic (exact) mass is 264 g/mol. The van der Waals surface area contributed by atoms with E-state index in [0.29, 0.717) is 19.7 Å². The van der Waals surface area contributed by atoms with Crippen LogP contribution in [0, 0.1) is 0 Å². The second-order valence-electron chi connectivity index (χ2n) is 4.62. The van der Waals surface area contributed by atoms with E-state index in [-0.39, 0.29) is 18.6 Å². The van der Waals surface area contributed by atoms with Crippen LogP contribution in [-0.2, 0) is 16.1 Å². The first-order valence-electron chi connectivity index (χ1n) is 6.45. The van der Waals surface area contributed by atoms with Gasteiger partial charge in [-0.05, 0) is 30.7 Å². The van der Waals surface area contributed by atoms with Gasteiger partial charge in [-0.15, -0.1) is 0 Å². The van der Waals surface area contributed by atoms with Gasteiger partial charge in [-0.25, -0.2) is 0 Å². The van der Waals surface area contributed by atoms with Gasteiger partial charge >= 0.3 is 0 Å². The molecule has 0 bridgehead atoms. The number of hydrogen-bond donors (Lipinski definition) is 1. The molecule has 1 amide bonds. The molecule has 1 aromatic carbocycles. The lowest BCUT2D eigenvalue weighted by molar-refractivity contribution is -0.149. The van der Waals surface area contributed by atoms with E-state index < -0.39 is 0 Å². The fourth-order valence-corrected chi connectivity index (χ4v) is 2.24. The van der Waals surface area contributed by atoms with Gasteiger partial charge in [0.25, 0.3) is 0 Å². The van der Waals surface area contributed by atoms with Crippen LogP contribution >= 0.6 is 0 Å². The maximum atomic E-state index is 11.9. The third-order valence-electron chi connectivity index (χ3n) is 3.31. The maximum absolute atomic E-state index is 11.9. The Bertz CT molecular complexity index is 417. The van der Waals surface area contributed by atoms with Crippen molar-refractivity contribution in [3.63, 3.8) is 0 Å². The molecule has 0 spiro atoms. The number of carbonyl (C=O) groups is 1. The summed E-state index contributed by atoms with van der Waals surface area (Å²) < 4.78 is 10.4. The molecule has 1 saturated heterocycles. The third-order valence-corrected chi connectivity index (χ3v) is 3.31. The first-order valence-corrected chi connectivity index (χ1v) is 6.45. The van der Waals surface area contributed by atoms with Crippen molar-refractivity contribution in [2.24, 2.45) is 5.73 Å². The summed E-state index contributed by atoms with van der Waals surface area (Å²) >= 11 is 0. The Morgan fingerprint density at radius 2 is 2.16 bits per heavy atom. The van der Waals surface area contributed by atoms with Crippen molar-refractivity contribution in [2.45, 2.75) is 19.0 Å². The van der Waals surface area contributed by atoms with Crippen LogP contribution < -0.4 is 10.5 Å². The number of carbonyl (C=O) groups excluding carboxylic acids is 1. The molecule has 0 saturated carbocycles. The number of benzene rings is 1. The smallest absolute Gasteiger partial charge is 0.249 e. The number of methoxy groups -OCH3 is 1. The Morgan fingerprint density at radius 1 is 1.42 bits per heavy atom. The van der Waals surface area contributed by atoms with Gasteiger partial charge in [-0.3, -0.25) is 4.79 Å². The van der Waals surface area contributed by atoms with E-state index in [0.717, 1.165) is 17.7 Å². The molecule has 19 heavy (non-hydrogen) atoms. The fraction of sp³-hybridized carbons (Fsp3) is 0.500. The minimum Gasteiger partial charge on any atom is -0.497 e. The van der Waals surface area contributed by atoms with E-state index in [1.807, 2.05) is 29.2 Å². The number of hydrogen-bond acceptors (Lipinski definition) is 4. The van der Waals surface area contributed by atoms with Crippen molar-refractivity contribution in [3.8, 4) is 5.75 Å². The third kappa shape index (κ3) is 3.45. The predicted molar refractivity (Wildman–Crippen MR) is 71.8 cm³/mol. The molecule has 2 rings (SSSR count). The normalized spacial score (nSPS) is 19.6. The number of morpholine rings is 1. The lowest BCUT2D eigenvalue weighted by Crippen LogP contribution is -2.49. The van der Waals surface area contributed by atoms with Gasteiger partial charge in [-0.1, -0.05) is 12.1 Å². The molecule has 0 aliphatic carbocycles. The Kier molecular flexibility index (Phi) is 4.76. The lowest BCUT2D eigenvalue weighted by atomic mass is 10.1. The van der Waals surface area contributed by atoms with Crippen LogP contribution in [0.25, 0.3) is 0 Å². The van der Waals surface area contributed by atoms with E-state index >= 15 is 0 Å². The first kappa shape index (κ1) is 13.8. The number of rotatable bonds is 5. The molecule has 5 nitrogen and oxygen atoms in total. The zero-order chi connectivity index (χ0) is 13.7. The van der Waals surface area contributed by atoms with Crippen molar-refractivity contribution >= 4 is 5.91 Å². The summed E-state index contributed by atoms with van der Waals surface area (Å²) in [6.45, 7) is 1.88. The van der Waals surface area contributed by atoms with E-state index in [2.05, 4.69) is 0 Å². The van der Waals surface area contributed by atoms with Crippen LogP contribution in [0.15, 0.2) is 24.3 Å². The van der Waals surface area contributed by atoms with Crippen LogP contribution in [0.2, 0.25) is 0 Å². The molecule has 1 heterocycles. The molecule has 1 aromatic rings. The molecule has 5 heteroatoms. The van der Waals surface area contributed by atoms with Crippen molar-refractivity contribution in [1.29, 1.82) is 0 Å². The summed E-state index contributed by atoms with van der Waals surface area (Å²) in [7, 11) is 1.64. The summed E-state index contributed by atoms with van der Waals surface area (Å²) in [5.74, 6) is 0.844. The van der Waals surface area contributed by atoms with Crippen LogP contribution in [-0.4, -0.2) is 43.7 Å². The Balaban J connectivity index is 2.06. The average molecular weight is 264 g/mol. The SMILES string of the molecule is COc1ccc(CN2C(=O)COCC2CCN)cc1.